The van der Waals surface area contributed by atoms with Crippen LogP contribution in [0.3, 0.4) is 0 Å². The van der Waals surface area contributed by atoms with E-state index in [2.05, 4.69) is 15.2 Å². The van der Waals surface area contributed by atoms with Crippen molar-refractivity contribution in [2.24, 2.45) is 4.99 Å². The highest BCUT2D eigenvalue weighted by Gasteiger charge is 2.32. The van der Waals surface area contributed by atoms with Crippen LogP contribution in [0.1, 0.15) is 25.3 Å². The van der Waals surface area contributed by atoms with Gasteiger partial charge in [0.25, 0.3) is 5.91 Å². The average Bonchev–Trinajstić information content (AvgIpc) is 3.32. The second-order valence-corrected chi connectivity index (χ2v) is 7.31. The number of carbonyl (C=O) groups is 2. The Kier molecular flexibility index (Phi) is 4.25. The van der Waals surface area contributed by atoms with Crippen molar-refractivity contribution in [3.05, 3.63) is 40.4 Å². The number of allylic oxidation sites excluding steroid dienone is 1. The number of nitrogens with zero attached hydrogens (tertiary/aromatic N) is 3. The molecule has 6 nitrogen and oxygen atoms in total. The van der Waals surface area contributed by atoms with E-state index in [9.17, 15) is 9.59 Å². The van der Waals surface area contributed by atoms with Crippen LogP contribution in [0.4, 0.5) is 5.69 Å². The molecule has 0 unspecified atom stereocenters. The molecule has 7 heteroatoms. The fourth-order valence-electron chi connectivity index (χ4n) is 3.30. The zero-order valence-electron chi connectivity index (χ0n) is 14.1. The zero-order valence-corrected chi connectivity index (χ0v) is 14.9. The number of nitrogens with one attached hydrogen (secondary N) is 1. The first-order valence-corrected chi connectivity index (χ1v) is 9.33. The summed E-state index contributed by atoms with van der Waals surface area (Å²) in [5.74, 6) is 0.128. The molecule has 1 fully saturated rings. The van der Waals surface area contributed by atoms with Crippen LogP contribution in [0.25, 0.3) is 0 Å². The maximum absolute atomic E-state index is 12.5. The van der Waals surface area contributed by atoms with Gasteiger partial charge in [-0.15, -0.1) is 0 Å². The Morgan fingerprint density at radius 3 is 2.72 bits per heavy atom. The molecule has 0 aromatic heterocycles. The maximum Gasteiger partial charge on any atom is 0.260 e. The maximum atomic E-state index is 12.5. The Bertz CT molecular complexity index is 785. The molecule has 0 saturated carbocycles. The first-order chi connectivity index (χ1) is 12.1. The van der Waals surface area contributed by atoms with Crippen LogP contribution in [-0.2, 0) is 16.1 Å². The predicted molar refractivity (Wildman–Crippen MR) is 99.2 cm³/mol. The standard InChI is InChI=1S/C18H20N4O2S/c1-12-16(25-18-19-8-10-21(12)18)17(24)20-11-13-4-6-14(7-5-13)22-9-2-3-15(22)23/h4-7H,2-3,8-11H2,1H3,(H,20,24). The van der Waals surface area contributed by atoms with Gasteiger partial charge in [-0.1, -0.05) is 12.1 Å². The van der Waals surface area contributed by atoms with Gasteiger partial charge in [0.1, 0.15) is 0 Å². The molecule has 3 heterocycles. The van der Waals surface area contributed by atoms with Gasteiger partial charge >= 0.3 is 0 Å². The Morgan fingerprint density at radius 1 is 1.24 bits per heavy atom. The van der Waals surface area contributed by atoms with Crippen molar-refractivity contribution in [3.63, 3.8) is 0 Å². The molecule has 3 aliphatic rings. The number of carbonyl (C=O) groups excluding carboxylic acids is 2. The van der Waals surface area contributed by atoms with Crippen molar-refractivity contribution in [3.8, 4) is 0 Å². The number of amides is 2. The van der Waals surface area contributed by atoms with Crippen LogP contribution in [0.2, 0.25) is 0 Å². The summed E-state index contributed by atoms with van der Waals surface area (Å²) in [6, 6.07) is 7.83. The first-order valence-electron chi connectivity index (χ1n) is 8.52. The molecule has 2 amide bonds. The number of hydrogen-bond acceptors (Lipinski definition) is 5. The highest BCUT2D eigenvalue weighted by atomic mass is 32.2. The van der Waals surface area contributed by atoms with Crippen LogP contribution in [0, 0.1) is 0 Å². The van der Waals surface area contributed by atoms with Gasteiger partial charge in [-0.25, -0.2) is 0 Å². The highest BCUT2D eigenvalue weighted by molar-refractivity contribution is 8.18. The third-order valence-electron chi connectivity index (χ3n) is 4.71. The summed E-state index contributed by atoms with van der Waals surface area (Å²) in [5.41, 5.74) is 2.94. The van der Waals surface area contributed by atoms with E-state index >= 15 is 0 Å². The van der Waals surface area contributed by atoms with Crippen molar-refractivity contribution in [2.75, 3.05) is 24.5 Å². The molecule has 3 aliphatic heterocycles. The van der Waals surface area contributed by atoms with Crippen LogP contribution in [0.15, 0.2) is 39.9 Å². The average molecular weight is 356 g/mol. The van der Waals surface area contributed by atoms with Gasteiger partial charge in [0.05, 0.1) is 11.4 Å². The summed E-state index contributed by atoms with van der Waals surface area (Å²) >= 11 is 1.45. The lowest BCUT2D eigenvalue weighted by Crippen LogP contribution is -2.25. The predicted octanol–water partition coefficient (Wildman–Crippen LogP) is 2.08. The van der Waals surface area contributed by atoms with Gasteiger partial charge in [-0.05, 0) is 42.8 Å². The summed E-state index contributed by atoms with van der Waals surface area (Å²) in [6.45, 7) is 4.90. The Morgan fingerprint density at radius 2 is 2.04 bits per heavy atom. The van der Waals surface area contributed by atoms with E-state index in [1.165, 1.54) is 11.8 Å². The molecular formula is C18H20N4O2S. The first kappa shape index (κ1) is 16.2. The lowest BCUT2D eigenvalue weighted by molar-refractivity contribution is -0.117. The number of fused-ring (bicyclic) bond motifs is 1. The van der Waals surface area contributed by atoms with Crippen LogP contribution >= 0.6 is 11.8 Å². The van der Waals surface area contributed by atoms with Gasteiger partial charge in [0.15, 0.2) is 5.17 Å². The number of benzene rings is 1. The number of thioether (sulfide) groups is 1. The van der Waals surface area contributed by atoms with Gasteiger partial charge in [-0.3, -0.25) is 14.6 Å². The molecule has 0 atom stereocenters. The number of anilines is 1. The van der Waals surface area contributed by atoms with Gasteiger partial charge in [0.2, 0.25) is 5.91 Å². The molecule has 1 aromatic carbocycles. The fraction of sp³-hybridized carbons (Fsp3) is 0.389. The number of aliphatic imine (C=N–C) groups is 1. The lowest BCUT2D eigenvalue weighted by Gasteiger charge is -2.16. The van der Waals surface area contributed by atoms with Gasteiger partial charge in [-0.2, -0.15) is 0 Å². The largest absolute Gasteiger partial charge is 0.347 e. The number of amidine groups is 1. The Balaban J connectivity index is 1.37. The van der Waals surface area contributed by atoms with E-state index in [1.807, 2.05) is 36.1 Å². The van der Waals surface area contributed by atoms with Crippen molar-refractivity contribution in [2.45, 2.75) is 26.3 Å². The van der Waals surface area contributed by atoms with Crippen molar-refractivity contribution in [1.29, 1.82) is 0 Å². The smallest absolute Gasteiger partial charge is 0.260 e. The zero-order chi connectivity index (χ0) is 17.4. The monoisotopic (exact) mass is 356 g/mol. The normalized spacial score (nSPS) is 19.6. The molecule has 1 saturated heterocycles. The van der Waals surface area contributed by atoms with E-state index in [1.54, 1.807) is 0 Å². The SMILES string of the molecule is CC1=C(C(=O)NCc2ccc(N3CCCC3=O)cc2)SC2=NCCN21. The van der Waals surface area contributed by atoms with Crippen LogP contribution in [0.5, 0.6) is 0 Å². The van der Waals surface area contributed by atoms with Crippen molar-refractivity contribution >= 4 is 34.4 Å². The van der Waals surface area contributed by atoms with E-state index in [4.69, 9.17) is 0 Å². The van der Waals surface area contributed by atoms with Gasteiger partial charge < -0.3 is 15.1 Å². The molecule has 4 rings (SSSR count). The third kappa shape index (κ3) is 3.04. The summed E-state index contributed by atoms with van der Waals surface area (Å²) in [5, 5.41) is 3.91. The molecule has 0 spiro atoms. The van der Waals surface area contributed by atoms with Gasteiger partial charge in [0, 0.05) is 37.4 Å². The van der Waals surface area contributed by atoms with E-state index in [-0.39, 0.29) is 11.8 Å². The third-order valence-corrected chi connectivity index (χ3v) is 5.93. The van der Waals surface area contributed by atoms with Crippen LogP contribution < -0.4 is 10.2 Å². The van der Waals surface area contributed by atoms with E-state index < -0.39 is 0 Å². The minimum Gasteiger partial charge on any atom is -0.347 e. The molecule has 0 aliphatic carbocycles. The van der Waals surface area contributed by atoms with Crippen molar-refractivity contribution in [1.82, 2.24) is 10.2 Å². The molecule has 130 valence electrons. The molecule has 1 N–H and O–H groups in total. The second-order valence-electron chi connectivity index (χ2n) is 6.33. The summed E-state index contributed by atoms with van der Waals surface area (Å²) in [6.07, 6.45) is 1.55. The highest BCUT2D eigenvalue weighted by Crippen LogP contribution is 2.36. The molecule has 25 heavy (non-hydrogen) atoms. The summed E-state index contributed by atoms with van der Waals surface area (Å²) in [7, 11) is 0. The molecule has 0 radical (unpaired) electrons. The van der Waals surface area contributed by atoms with Crippen molar-refractivity contribution < 1.29 is 9.59 Å². The molecular weight excluding hydrogens is 336 g/mol. The molecule has 1 aromatic rings. The Hall–Kier alpha value is -2.28. The second kappa shape index (κ2) is 6.55. The quantitative estimate of drug-likeness (QED) is 0.897. The minimum atomic E-state index is -0.0570. The molecule has 0 bridgehead atoms. The fourth-order valence-corrected chi connectivity index (χ4v) is 4.40. The summed E-state index contributed by atoms with van der Waals surface area (Å²) < 4.78 is 0. The van der Waals surface area contributed by atoms with Crippen LogP contribution in [-0.4, -0.2) is 41.5 Å². The van der Waals surface area contributed by atoms with E-state index in [0.29, 0.717) is 13.0 Å². The topological polar surface area (TPSA) is 65.0 Å². The number of rotatable bonds is 4. The lowest BCUT2D eigenvalue weighted by atomic mass is 10.2. The minimum absolute atomic E-state index is 0.0570. The van der Waals surface area contributed by atoms with E-state index in [0.717, 1.165) is 53.1 Å². The summed E-state index contributed by atoms with van der Waals surface area (Å²) in [4.78, 5) is 33.3. The Labute approximate surface area is 151 Å². The number of hydrogen-bond donors (Lipinski definition) is 1.